The molecule has 1 amide bonds. The maximum atomic E-state index is 11.8. The highest BCUT2D eigenvalue weighted by Gasteiger charge is 2.14. The number of halogens is 1. The van der Waals surface area contributed by atoms with E-state index in [1.54, 1.807) is 12.1 Å². The summed E-state index contributed by atoms with van der Waals surface area (Å²) in [4.78, 5) is 34.5. The van der Waals surface area contributed by atoms with E-state index in [1.807, 2.05) is 0 Å². The van der Waals surface area contributed by atoms with E-state index in [4.69, 9.17) is 5.11 Å². The number of Topliss-reactive ketones (excluding diaryl/α,β-unsaturated/α-hetero) is 1. The molecule has 5 N–H and O–H groups in total. The van der Waals surface area contributed by atoms with Crippen LogP contribution in [0.2, 0.25) is 0 Å². The predicted octanol–water partition coefficient (Wildman–Crippen LogP) is -2.45. The molecule has 1 aromatic rings. The second-order valence-electron chi connectivity index (χ2n) is 4.51. The maximum absolute atomic E-state index is 11.8. The third-order valence-electron chi connectivity index (χ3n) is 2.79. The third-order valence-corrected chi connectivity index (χ3v) is 3.98. The second kappa shape index (κ2) is 9.49. The number of hydrogen-bond donors (Lipinski definition) is 3. The molecule has 0 fully saturated rings. The normalized spacial score (nSPS) is 11.3. The first-order valence-corrected chi connectivity index (χ1v) is 7.18. The summed E-state index contributed by atoms with van der Waals surface area (Å²) in [6, 6.07) is 2.68. The topological polar surface area (TPSA) is 111 Å². The molecule has 1 rings (SSSR count). The second-order valence-corrected chi connectivity index (χ2v) is 5.59. The summed E-state index contributed by atoms with van der Waals surface area (Å²) in [6.07, 6.45) is 1.90. The maximum Gasteiger partial charge on any atom is 0.362 e. The molecule has 0 saturated heterocycles. The Morgan fingerprint density at radius 3 is 2.43 bits per heavy atom. The van der Waals surface area contributed by atoms with Crippen LogP contribution in [0, 0.1) is 0 Å². The van der Waals surface area contributed by atoms with E-state index in [2.05, 4.69) is 11.1 Å². The van der Waals surface area contributed by atoms with Gasteiger partial charge in [0.1, 0.15) is 0 Å². The molecule has 21 heavy (non-hydrogen) atoms. The number of hydrogen-bond acceptors (Lipinski definition) is 4. The lowest BCUT2D eigenvalue weighted by Crippen LogP contribution is -3.00. The van der Waals surface area contributed by atoms with E-state index in [9.17, 15) is 14.4 Å². The van der Waals surface area contributed by atoms with Gasteiger partial charge in [0.25, 0.3) is 5.91 Å². The summed E-state index contributed by atoms with van der Waals surface area (Å²) in [5.74, 6) is -1.15. The van der Waals surface area contributed by atoms with Crippen molar-refractivity contribution < 1.29 is 37.6 Å². The smallest absolute Gasteiger partial charge is 0.362 e. The first-order valence-electron chi connectivity index (χ1n) is 6.36. The highest BCUT2D eigenvalue weighted by atomic mass is 35.5. The number of carboxylic acids is 1. The fraction of sp³-hybridized carbons (Fsp3) is 0.462. The van der Waals surface area contributed by atoms with Crippen LogP contribution < -0.4 is 23.5 Å². The van der Waals surface area contributed by atoms with Crippen LogP contribution >= 0.6 is 11.3 Å². The Morgan fingerprint density at radius 1 is 1.29 bits per heavy atom. The van der Waals surface area contributed by atoms with E-state index >= 15 is 0 Å². The van der Waals surface area contributed by atoms with E-state index in [-0.39, 0.29) is 24.1 Å². The molecule has 0 bridgehead atoms. The molecular weight excluding hydrogens is 316 g/mol. The summed E-state index contributed by atoms with van der Waals surface area (Å²) in [5, 5.41) is 11.4. The van der Waals surface area contributed by atoms with Gasteiger partial charge in [-0.05, 0) is 31.9 Å². The van der Waals surface area contributed by atoms with Gasteiger partial charge in [0, 0.05) is 13.0 Å². The Kier molecular flexibility index (Phi) is 8.84. The number of ketones is 1. The monoisotopic (exact) mass is 334 g/mol. The van der Waals surface area contributed by atoms with E-state index in [0.717, 1.165) is 0 Å². The molecule has 0 aliphatic heterocycles. The summed E-state index contributed by atoms with van der Waals surface area (Å²) >= 11 is 1.17. The lowest BCUT2D eigenvalue weighted by Gasteiger charge is -2.04. The number of carbonyl (C=O) groups excluding carboxylic acids is 2. The SMILES string of the molecule is CC(=O)c1ccc(C(=O)NCCCC[C@H]([NH3+])C(=O)O)s1.[Cl-]. The van der Waals surface area contributed by atoms with Crippen molar-refractivity contribution in [3.8, 4) is 0 Å². The Labute approximate surface area is 133 Å². The van der Waals surface area contributed by atoms with Crippen molar-refractivity contribution in [2.24, 2.45) is 0 Å². The van der Waals surface area contributed by atoms with Crippen LogP contribution in [-0.4, -0.2) is 35.4 Å². The van der Waals surface area contributed by atoms with Gasteiger partial charge in [-0.2, -0.15) is 0 Å². The van der Waals surface area contributed by atoms with Crippen molar-refractivity contribution in [1.82, 2.24) is 5.32 Å². The number of carboxylic acid groups (broad SMARTS) is 1. The van der Waals surface area contributed by atoms with Gasteiger partial charge in [-0.3, -0.25) is 9.59 Å². The lowest BCUT2D eigenvalue weighted by atomic mass is 10.1. The van der Waals surface area contributed by atoms with Gasteiger partial charge in [-0.15, -0.1) is 11.3 Å². The third kappa shape index (κ3) is 6.70. The Morgan fingerprint density at radius 2 is 1.90 bits per heavy atom. The number of nitrogens with one attached hydrogen (secondary N) is 1. The first kappa shape index (κ1) is 19.6. The zero-order valence-corrected chi connectivity index (χ0v) is 13.3. The van der Waals surface area contributed by atoms with Crippen molar-refractivity contribution >= 4 is 29.0 Å². The fourth-order valence-corrected chi connectivity index (χ4v) is 2.40. The molecule has 0 saturated carbocycles. The molecule has 0 aromatic carbocycles. The van der Waals surface area contributed by atoms with Gasteiger partial charge < -0.3 is 28.6 Å². The standard InChI is InChI=1S/C13H18N2O4S.ClH/c1-8(16)10-5-6-11(20-10)12(17)15-7-3-2-4-9(14)13(18)19;/h5-6,9H,2-4,7,14H2,1H3,(H,15,17)(H,18,19);1H/t9-;/m0./s1. The minimum absolute atomic E-state index is 0. The van der Waals surface area contributed by atoms with E-state index < -0.39 is 12.0 Å². The van der Waals surface area contributed by atoms with Crippen molar-refractivity contribution in [2.45, 2.75) is 32.2 Å². The lowest BCUT2D eigenvalue weighted by molar-refractivity contribution is -0.409. The van der Waals surface area contributed by atoms with Crippen molar-refractivity contribution in [2.75, 3.05) is 6.54 Å². The van der Waals surface area contributed by atoms with Gasteiger partial charge in [0.2, 0.25) is 0 Å². The number of unbranched alkanes of at least 4 members (excludes halogenated alkanes) is 1. The molecule has 6 nitrogen and oxygen atoms in total. The van der Waals surface area contributed by atoms with Crippen LogP contribution in [0.4, 0.5) is 0 Å². The van der Waals surface area contributed by atoms with E-state index in [1.165, 1.54) is 18.3 Å². The fourth-order valence-electron chi connectivity index (χ4n) is 1.58. The van der Waals surface area contributed by atoms with Crippen LogP contribution in [0.1, 0.15) is 45.5 Å². The van der Waals surface area contributed by atoms with Crippen molar-refractivity contribution in [3.05, 3.63) is 21.9 Å². The quantitative estimate of drug-likeness (QED) is 0.362. The minimum Gasteiger partial charge on any atom is -1.00 e. The van der Waals surface area contributed by atoms with Crippen LogP contribution in [0.25, 0.3) is 0 Å². The molecule has 1 heterocycles. The summed E-state index contributed by atoms with van der Waals surface area (Å²) in [5.41, 5.74) is 3.52. The van der Waals surface area contributed by atoms with Crippen LogP contribution in [0.5, 0.6) is 0 Å². The largest absolute Gasteiger partial charge is 1.00 e. The summed E-state index contributed by atoms with van der Waals surface area (Å²) < 4.78 is 0. The number of amides is 1. The van der Waals surface area contributed by atoms with Crippen molar-refractivity contribution in [3.63, 3.8) is 0 Å². The average molecular weight is 335 g/mol. The number of thiophene rings is 1. The van der Waals surface area contributed by atoms with Gasteiger partial charge in [-0.1, -0.05) is 0 Å². The minimum atomic E-state index is -0.899. The molecule has 0 spiro atoms. The van der Waals surface area contributed by atoms with Gasteiger partial charge in [0.05, 0.1) is 9.75 Å². The zero-order valence-electron chi connectivity index (χ0n) is 11.7. The zero-order chi connectivity index (χ0) is 15.1. The number of aliphatic carboxylic acids is 1. The average Bonchev–Trinajstić information content (AvgIpc) is 2.87. The van der Waals surface area contributed by atoms with Crippen LogP contribution in [-0.2, 0) is 4.79 Å². The molecule has 118 valence electrons. The summed E-state index contributed by atoms with van der Waals surface area (Å²) in [6.45, 7) is 1.95. The van der Waals surface area contributed by atoms with Gasteiger partial charge in [-0.25, -0.2) is 4.79 Å². The van der Waals surface area contributed by atoms with Gasteiger partial charge in [0.15, 0.2) is 11.8 Å². The Bertz CT molecular complexity index is 504. The van der Waals surface area contributed by atoms with Crippen LogP contribution in [0.3, 0.4) is 0 Å². The first-order chi connectivity index (χ1) is 9.41. The van der Waals surface area contributed by atoms with Crippen molar-refractivity contribution in [1.29, 1.82) is 0 Å². The highest BCUT2D eigenvalue weighted by Crippen LogP contribution is 2.16. The van der Waals surface area contributed by atoms with E-state index in [0.29, 0.717) is 35.6 Å². The van der Waals surface area contributed by atoms with Crippen LogP contribution in [0.15, 0.2) is 12.1 Å². The number of carbonyl (C=O) groups is 3. The number of quaternary nitrogens is 1. The molecule has 0 unspecified atom stereocenters. The molecule has 0 aliphatic rings. The van der Waals surface area contributed by atoms with Gasteiger partial charge >= 0.3 is 5.97 Å². The molecule has 0 aliphatic carbocycles. The molecular formula is C13H19ClN2O4S. The Balaban J connectivity index is 0.00000400. The molecule has 8 heteroatoms. The molecule has 0 radical (unpaired) electrons. The summed E-state index contributed by atoms with van der Waals surface area (Å²) in [7, 11) is 0. The highest BCUT2D eigenvalue weighted by molar-refractivity contribution is 7.15. The molecule has 1 atom stereocenters. The predicted molar refractivity (Wildman–Crippen MR) is 74.8 cm³/mol. The Hall–Kier alpha value is -1.44. The number of rotatable bonds is 8. The molecule has 1 aromatic heterocycles.